The van der Waals surface area contributed by atoms with Gasteiger partial charge in [0.05, 0.1) is 5.56 Å². The lowest BCUT2D eigenvalue weighted by Crippen LogP contribution is -2.24. The van der Waals surface area contributed by atoms with E-state index in [2.05, 4.69) is 21.2 Å². The maximum absolute atomic E-state index is 11.8. The van der Waals surface area contributed by atoms with Gasteiger partial charge in [-0.1, -0.05) is 18.0 Å². The lowest BCUT2D eigenvalue weighted by Gasteiger charge is -2.07. The van der Waals surface area contributed by atoms with Crippen molar-refractivity contribution >= 4 is 39.4 Å². The minimum absolute atomic E-state index is 0.165. The van der Waals surface area contributed by atoms with Gasteiger partial charge in [-0.15, -0.1) is 0 Å². The Bertz CT molecular complexity index is 465. The van der Waals surface area contributed by atoms with Gasteiger partial charge >= 0.3 is 5.97 Å². The SMILES string of the molecule is O=C(O)CCCCCNC(=O)c1ccc(Cl)cc1Br. The average molecular weight is 349 g/mol. The van der Waals surface area contributed by atoms with Gasteiger partial charge in [0.1, 0.15) is 0 Å². The quantitative estimate of drug-likeness (QED) is 0.741. The van der Waals surface area contributed by atoms with Gasteiger partial charge in [0.25, 0.3) is 5.91 Å². The molecule has 0 heterocycles. The van der Waals surface area contributed by atoms with Crippen molar-refractivity contribution in [2.24, 2.45) is 0 Å². The predicted octanol–water partition coefficient (Wildman–Crippen LogP) is 3.48. The molecular weight excluding hydrogens is 334 g/mol. The smallest absolute Gasteiger partial charge is 0.303 e. The molecule has 6 heteroatoms. The standard InChI is InChI=1S/C13H15BrClNO3/c14-11-8-9(15)5-6-10(11)13(19)16-7-3-1-2-4-12(17)18/h5-6,8H,1-4,7H2,(H,16,19)(H,17,18). The van der Waals surface area contributed by atoms with Crippen LogP contribution >= 0.6 is 27.5 Å². The van der Waals surface area contributed by atoms with E-state index in [1.165, 1.54) is 0 Å². The van der Waals surface area contributed by atoms with Crippen molar-refractivity contribution in [3.8, 4) is 0 Å². The molecule has 0 radical (unpaired) electrons. The zero-order chi connectivity index (χ0) is 14.3. The number of carboxylic acids is 1. The number of hydrogen-bond acceptors (Lipinski definition) is 2. The molecule has 0 bridgehead atoms. The molecular formula is C13H15BrClNO3. The number of hydrogen-bond donors (Lipinski definition) is 2. The monoisotopic (exact) mass is 347 g/mol. The predicted molar refractivity (Wildman–Crippen MR) is 77.6 cm³/mol. The fourth-order valence-corrected chi connectivity index (χ4v) is 2.41. The van der Waals surface area contributed by atoms with Crippen molar-refractivity contribution < 1.29 is 14.7 Å². The Morgan fingerprint density at radius 3 is 2.63 bits per heavy atom. The van der Waals surface area contributed by atoms with Gasteiger partial charge in [0, 0.05) is 22.5 Å². The van der Waals surface area contributed by atoms with Gasteiger partial charge < -0.3 is 10.4 Å². The highest BCUT2D eigenvalue weighted by Crippen LogP contribution is 2.21. The highest BCUT2D eigenvalue weighted by molar-refractivity contribution is 9.10. The molecule has 0 fully saturated rings. The van der Waals surface area contributed by atoms with Crippen molar-refractivity contribution in [2.75, 3.05) is 6.54 Å². The lowest BCUT2D eigenvalue weighted by molar-refractivity contribution is -0.137. The summed E-state index contributed by atoms with van der Waals surface area (Å²) in [5, 5.41) is 11.8. The van der Waals surface area contributed by atoms with E-state index in [4.69, 9.17) is 16.7 Å². The van der Waals surface area contributed by atoms with Crippen molar-refractivity contribution in [1.82, 2.24) is 5.32 Å². The van der Waals surface area contributed by atoms with Crippen LogP contribution in [0.3, 0.4) is 0 Å². The van der Waals surface area contributed by atoms with Gasteiger partial charge in [-0.3, -0.25) is 9.59 Å². The number of aliphatic carboxylic acids is 1. The second kappa shape index (κ2) is 8.17. The summed E-state index contributed by atoms with van der Waals surface area (Å²) in [5.41, 5.74) is 0.537. The molecule has 19 heavy (non-hydrogen) atoms. The van der Waals surface area contributed by atoms with Crippen molar-refractivity contribution in [3.63, 3.8) is 0 Å². The third-order valence-corrected chi connectivity index (χ3v) is 3.42. The first-order valence-electron chi connectivity index (χ1n) is 5.95. The first-order chi connectivity index (χ1) is 9.00. The Hall–Kier alpha value is -1.07. The third kappa shape index (κ3) is 6.07. The summed E-state index contributed by atoms with van der Waals surface area (Å²) in [6.07, 6.45) is 2.37. The van der Waals surface area contributed by atoms with Crippen molar-refractivity contribution in [1.29, 1.82) is 0 Å². The summed E-state index contributed by atoms with van der Waals surface area (Å²) in [4.78, 5) is 22.1. The van der Waals surface area contributed by atoms with E-state index < -0.39 is 5.97 Å². The van der Waals surface area contributed by atoms with Crippen LogP contribution in [0.25, 0.3) is 0 Å². The van der Waals surface area contributed by atoms with Crippen LogP contribution in [0.2, 0.25) is 5.02 Å². The molecule has 0 aromatic heterocycles. The zero-order valence-corrected chi connectivity index (χ0v) is 12.6. The highest BCUT2D eigenvalue weighted by Gasteiger charge is 2.09. The number of carbonyl (C=O) groups excluding carboxylic acids is 1. The molecule has 0 unspecified atom stereocenters. The van der Waals surface area contributed by atoms with Crippen LogP contribution in [0, 0.1) is 0 Å². The Labute approximate surface area is 125 Å². The summed E-state index contributed by atoms with van der Waals surface area (Å²) >= 11 is 9.09. The number of carboxylic acid groups (broad SMARTS) is 1. The van der Waals surface area contributed by atoms with Crippen LogP contribution in [0.1, 0.15) is 36.0 Å². The molecule has 0 aliphatic rings. The van der Waals surface area contributed by atoms with Crippen LogP contribution in [0.5, 0.6) is 0 Å². The first kappa shape index (κ1) is 16.0. The molecule has 0 aliphatic heterocycles. The maximum atomic E-state index is 11.8. The van der Waals surface area contributed by atoms with E-state index in [-0.39, 0.29) is 12.3 Å². The zero-order valence-electron chi connectivity index (χ0n) is 10.3. The van der Waals surface area contributed by atoms with Gasteiger partial charge in [0.2, 0.25) is 0 Å². The summed E-state index contributed by atoms with van der Waals surface area (Å²) < 4.78 is 0.656. The molecule has 2 N–H and O–H groups in total. The number of nitrogens with one attached hydrogen (secondary N) is 1. The Morgan fingerprint density at radius 1 is 1.26 bits per heavy atom. The summed E-state index contributed by atoms with van der Waals surface area (Å²) in [5.74, 6) is -0.948. The Kier molecular flexibility index (Phi) is 6.87. The van der Waals surface area contributed by atoms with E-state index in [1.54, 1.807) is 18.2 Å². The number of amides is 1. The third-order valence-electron chi connectivity index (χ3n) is 2.53. The fourth-order valence-electron chi connectivity index (χ4n) is 1.55. The molecule has 1 aromatic carbocycles. The van der Waals surface area contributed by atoms with Crippen LogP contribution in [0.4, 0.5) is 0 Å². The van der Waals surface area contributed by atoms with Crippen LogP contribution < -0.4 is 5.32 Å². The molecule has 0 saturated heterocycles. The largest absolute Gasteiger partial charge is 0.481 e. The van der Waals surface area contributed by atoms with Gasteiger partial charge in [-0.25, -0.2) is 0 Å². The van der Waals surface area contributed by atoms with E-state index in [1.807, 2.05) is 0 Å². The van der Waals surface area contributed by atoms with E-state index in [0.717, 1.165) is 12.8 Å². The number of unbranched alkanes of at least 4 members (excludes halogenated alkanes) is 2. The summed E-state index contributed by atoms with van der Waals surface area (Å²) in [6, 6.07) is 4.99. The molecule has 1 rings (SSSR count). The van der Waals surface area contributed by atoms with Crippen molar-refractivity contribution in [2.45, 2.75) is 25.7 Å². The molecule has 0 spiro atoms. The summed E-state index contributed by atoms with van der Waals surface area (Å²) in [7, 11) is 0. The summed E-state index contributed by atoms with van der Waals surface area (Å²) in [6.45, 7) is 0.535. The number of carbonyl (C=O) groups is 2. The molecule has 0 aliphatic carbocycles. The highest BCUT2D eigenvalue weighted by atomic mass is 79.9. The second-order valence-electron chi connectivity index (χ2n) is 4.08. The van der Waals surface area contributed by atoms with E-state index >= 15 is 0 Å². The van der Waals surface area contributed by atoms with Crippen LogP contribution in [0.15, 0.2) is 22.7 Å². The van der Waals surface area contributed by atoms with Crippen LogP contribution in [-0.4, -0.2) is 23.5 Å². The Morgan fingerprint density at radius 2 is 2.00 bits per heavy atom. The topological polar surface area (TPSA) is 66.4 Å². The number of halogens is 2. The fraction of sp³-hybridized carbons (Fsp3) is 0.385. The van der Waals surface area contributed by atoms with Gasteiger partial charge in [-0.05, 0) is 47.0 Å². The lowest BCUT2D eigenvalue weighted by atomic mass is 10.2. The molecule has 104 valence electrons. The molecule has 1 amide bonds. The molecule has 0 saturated carbocycles. The first-order valence-corrected chi connectivity index (χ1v) is 7.13. The number of rotatable bonds is 7. The van der Waals surface area contributed by atoms with Gasteiger partial charge in [-0.2, -0.15) is 0 Å². The second-order valence-corrected chi connectivity index (χ2v) is 5.38. The normalized spacial score (nSPS) is 10.2. The maximum Gasteiger partial charge on any atom is 0.303 e. The molecule has 0 atom stereocenters. The molecule has 1 aromatic rings. The minimum Gasteiger partial charge on any atom is -0.481 e. The van der Waals surface area contributed by atoms with Crippen molar-refractivity contribution in [3.05, 3.63) is 33.3 Å². The molecule has 4 nitrogen and oxygen atoms in total. The Balaban J connectivity index is 2.29. The number of benzene rings is 1. The average Bonchev–Trinajstić information content (AvgIpc) is 2.32. The minimum atomic E-state index is -0.783. The van der Waals surface area contributed by atoms with Gasteiger partial charge in [0.15, 0.2) is 0 Å². The van der Waals surface area contributed by atoms with E-state index in [0.29, 0.717) is 28.0 Å². The van der Waals surface area contributed by atoms with Crippen LogP contribution in [-0.2, 0) is 4.79 Å². The van der Waals surface area contributed by atoms with E-state index in [9.17, 15) is 9.59 Å².